The van der Waals surface area contributed by atoms with Crippen LogP contribution in [0.25, 0.3) is 0 Å². The molecule has 0 bridgehead atoms. The van der Waals surface area contributed by atoms with Gasteiger partial charge in [-0.05, 0) is 36.2 Å². The molecule has 2 heterocycles. The summed E-state index contributed by atoms with van der Waals surface area (Å²) in [4.78, 5) is 18.1. The van der Waals surface area contributed by atoms with E-state index in [-0.39, 0.29) is 50.3 Å². The highest BCUT2D eigenvalue weighted by Crippen LogP contribution is 2.38. The van der Waals surface area contributed by atoms with Crippen LogP contribution in [0.15, 0.2) is 30.5 Å². The Labute approximate surface area is 193 Å². The number of pyridine rings is 1. The molecule has 1 aromatic heterocycles. The molecule has 33 heavy (non-hydrogen) atoms. The molecule has 1 aliphatic heterocycles. The first-order valence-corrected chi connectivity index (χ1v) is 10.7. The number of benzene rings is 1. The summed E-state index contributed by atoms with van der Waals surface area (Å²) in [5.74, 6) is 0. The standard InChI is InChI=1S/C22H24ClF4N3O3/c1-13-8-14(9-16(32)12-31)11-28-19(13)21(24)4-6-30(7-5-21)20(33)29-15-2-3-17(18(23)10-15)22(25,26)27/h2-3,8,10-11,16,31-32H,4-7,9,12H2,1H3,(H,29,33)/t16-/m1/s1. The first kappa shape index (κ1) is 25.2. The highest BCUT2D eigenvalue weighted by atomic mass is 35.5. The number of aromatic nitrogens is 1. The maximum atomic E-state index is 15.7. The zero-order valence-electron chi connectivity index (χ0n) is 17.8. The average molecular weight is 490 g/mol. The van der Waals surface area contributed by atoms with Crippen LogP contribution >= 0.6 is 11.6 Å². The van der Waals surface area contributed by atoms with Crippen LogP contribution in [-0.2, 0) is 18.3 Å². The van der Waals surface area contributed by atoms with Gasteiger partial charge in [-0.2, -0.15) is 13.2 Å². The van der Waals surface area contributed by atoms with Gasteiger partial charge in [0.2, 0.25) is 0 Å². The Kier molecular flexibility index (Phi) is 7.50. The fourth-order valence-electron chi connectivity index (χ4n) is 3.88. The third-order valence-electron chi connectivity index (χ3n) is 5.61. The monoisotopic (exact) mass is 489 g/mol. The van der Waals surface area contributed by atoms with Gasteiger partial charge in [-0.3, -0.25) is 4.98 Å². The number of aliphatic hydroxyl groups excluding tert-OH is 2. The van der Waals surface area contributed by atoms with E-state index in [1.807, 2.05) is 0 Å². The predicted molar refractivity (Wildman–Crippen MR) is 115 cm³/mol. The van der Waals surface area contributed by atoms with Gasteiger partial charge in [0.05, 0.1) is 29.0 Å². The normalized spacial score (nSPS) is 17.0. The summed E-state index contributed by atoms with van der Waals surface area (Å²) in [5, 5.41) is 20.5. The van der Waals surface area contributed by atoms with E-state index in [0.717, 1.165) is 18.2 Å². The van der Waals surface area contributed by atoms with Gasteiger partial charge in [-0.1, -0.05) is 17.7 Å². The van der Waals surface area contributed by atoms with E-state index in [4.69, 9.17) is 16.7 Å². The van der Waals surface area contributed by atoms with Crippen LogP contribution in [0.3, 0.4) is 0 Å². The number of alkyl halides is 4. The second-order valence-corrected chi connectivity index (χ2v) is 8.53. The topological polar surface area (TPSA) is 85.7 Å². The van der Waals surface area contributed by atoms with Crippen molar-refractivity contribution in [2.75, 3.05) is 25.0 Å². The van der Waals surface area contributed by atoms with Gasteiger partial charge < -0.3 is 20.4 Å². The molecule has 3 rings (SSSR count). The molecule has 180 valence electrons. The van der Waals surface area contributed by atoms with Crippen LogP contribution < -0.4 is 5.32 Å². The number of aliphatic hydroxyl groups is 2. The second kappa shape index (κ2) is 9.82. The van der Waals surface area contributed by atoms with Gasteiger partial charge in [-0.15, -0.1) is 0 Å². The van der Waals surface area contributed by atoms with Gasteiger partial charge in [0.15, 0.2) is 5.67 Å². The number of urea groups is 1. The van der Waals surface area contributed by atoms with Crippen molar-refractivity contribution in [3.63, 3.8) is 0 Å². The minimum absolute atomic E-state index is 0.000634. The number of rotatable bonds is 5. The van der Waals surface area contributed by atoms with Crippen LogP contribution in [-0.4, -0.2) is 51.9 Å². The zero-order valence-corrected chi connectivity index (χ0v) is 18.5. The Hall–Kier alpha value is -2.43. The number of hydrogen-bond acceptors (Lipinski definition) is 4. The lowest BCUT2D eigenvalue weighted by molar-refractivity contribution is -0.137. The van der Waals surface area contributed by atoms with Crippen LogP contribution in [0.2, 0.25) is 5.02 Å². The lowest BCUT2D eigenvalue weighted by Gasteiger charge is -2.36. The van der Waals surface area contributed by atoms with Crippen LogP contribution in [0.1, 0.15) is 35.2 Å². The summed E-state index contributed by atoms with van der Waals surface area (Å²) in [5.41, 5.74) is -1.09. The molecule has 2 amide bonds. The number of aryl methyl sites for hydroxylation is 1. The Morgan fingerprint density at radius 1 is 1.30 bits per heavy atom. The number of carbonyl (C=O) groups excluding carboxylic acids is 1. The fraction of sp³-hybridized carbons (Fsp3) is 0.455. The minimum atomic E-state index is -4.60. The van der Waals surface area contributed by atoms with Gasteiger partial charge >= 0.3 is 12.2 Å². The van der Waals surface area contributed by atoms with E-state index in [1.54, 1.807) is 13.0 Å². The molecule has 6 nitrogen and oxygen atoms in total. The second-order valence-electron chi connectivity index (χ2n) is 8.12. The zero-order chi connectivity index (χ0) is 24.4. The molecule has 0 radical (unpaired) electrons. The van der Waals surface area contributed by atoms with Gasteiger partial charge in [0.25, 0.3) is 0 Å². The summed E-state index contributed by atoms with van der Waals surface area (Å²) in [6.07, 6.45) is -3.85. The number of anilines is 1. The molecule has 0 unspecified atom stereocenters. The number of carbonyl (C=O) groups is 1. The number of nitrogens with one attached hydrogen (secondary N) is 1. The van der Waals surface area contributed by atoms with E-state index in [1.165, 1.54) is 11.1 Å². The van der Waals surface area contributed by atoms with E-state index < -0.39 is 34.6 Å². The van der Waals surface area contributed by atoms with Crippen molar-refractivity contribution in [1.29, 1.82) is 0 Å². The first-order valence-electron chi connectivity index (χ1n) is 10.3. The number of piperidine rings is 1. The SMILES string of the molecule is Cc1cc(C[C@@H](O)CO)cnc1C1(F)CCN(C(=O)Nc2ccc(C(F)(F)F)c(Cl)c2)CC1. The molecule has 1 saturated heterocycles. The third kappa shape index (κ3) is 5.93. The predicted octanol–water partition coefficient (Wildman–Crippen LogP) is 4.45. The van der Waals surface area contributed by atoms with Crippen molar-refractivity contribution < 1.29 is 32.6 Å². The van der Waals surface area contributed by atoms with Gasteiger partial charge in [-0.25, -0.2) is 9.18 Å². The maximum Gasteiger partial charge on any atom is 0.417 e. The Balaban J connectivity index is 1.63. The smallest absolute Gasteiger partial charge is 0.394 e. The third-order valence-corrected chi connectivity index (χ3v) is 5.92. The molecule has 0 saturated carbocycles. The number of hydrogen-bond donors (Lipinski definition) is 3. The molecular formula is C22H24ClF4N3O3. The largest absolute Gasteiger partial charge is 0.417 e. The summed E-state index contributed by atoms with van der Waals surface area (Å²) in [7, 11) is 0. The average Bonchev–Trinajstić information content (AvgIpc) is 2.73. The van der Waals surface area contributed by atoms with Crippen molar-refractivity contribution >= 4 is 23.3 Å². The quantitative estimate of drug-likeness (QED) is 0.542. The van der Waals surface area contributed by atoms with Crippen LogP contribution in [0, 0.1) is 6.92 Å². The molecule has 2 aromatic rings. The first-order chi connectivity index (χ1) is 15.4. The lowest BCUT2D eigenvalue weighted by Crippen LogP contribution is -2.45. The molecule has 1 aromatic carbocycles. The van der Waals surface area contributed by atoms with Gasteiger partial charge in [0, 0.05) is 44.2 Å². The molecule has 1 fully saturated rings. The number of nitrogens with zero attached hydrogens (tertiary/aromatic N) is 2. The van der Waals surface area contributed by atoms with E-state index >= 15 is 4.39 Å². The summed E-state index contributed by atoms with van der Waals surface area (Å²) in [6, 6.07) is 4.08. The molecule has 0 spiro atoms. The molecule has 11 heteroatoms. The molecule has 1 atom stereocenters. The number of likely N-dealkylation sites (tertiary alicyclic amines) is 1. The van der Waals surface area contributed by atoms with Crippen molar-refractivity contribution in [1.82, 2.24) is 9.88 Å². The highest BCUT2D eigenvalue weighted by molar-refractivity contribution is 6.31. The van der Waals surface area contributed by atoms with Gasteiger partial charge in [0.1, 0.15) is 0 Å². The molecule has 3 N–H and O–H groups in total. The van der Waals surface area contributed by atoms with Crippen molar-refractivity contribution in [3.8, 4) is 0 Å². The summed E-state index contributed by atoms with van der Waals surface area (Å²) >= 11 is 5.68. The summed E-state index contributed by atoms with van der Waals surface area (Å²) in [6.45, 7) is 1.50. The van der Waals surface area contributed by atoms with E-state index in [0.29, 0.717) is 11.1 Å². The minimum Gasteiger partial charge on any atom is -0.394 e. The Bertz CT molecular complexity index is 1010. The maximum absolute atomic E-state index is 15.7. The van der Waals surface area contributed by atoms with Crippen molar-refractivity contribution in [3.05, 3.63) is 57.9 Å². The van der Waals surface area contributed by atoms with E-state index in [9.17, 15) is 23.1 Å². The van der Waals surface area contributed by atoms with Crippen LogP contribution in [0.5, 0.6) is 0 Å². The number of amides is 2. The number of halogens is 5. The highest BCUT2D eigenvalue weighted by Gasteiger charge is 2.40. The van der Waals surface area contributed by atoms with Crippen molar-refractivity contribution in [2.45, 2.75) is 44.1 Å². The van der Waals surface area contributed by atoms with Crippen molar-refractivity contribution in [2.24, 2.45) is 0 Å². The summed E-state index contributed by atoms with van der Waals surface area (Å²) < 4.78 is 54.1. The fourth-order valence-corrected chi connectivity index (χ4v) is 4.16. The Morgan fingerprint density at radius 2 is 1.97 bits per heavy atom. The van der Waals surface area contributed by atoms with Crippen LogP contribution in [0.4, 0.5) is 28.0 Å². The Morgan fingerprint density at radius 3 is 2.52 bits per heavy atom. The molecule has 0 aliphatic carbocycles. The molecular weight excluding hydrogens is 466 g/mol. The molecule has 1 aliphatic rings. The lowest BCUT2D eigenvalue weighted by atomic mass is 9.87. The van der Waals surface area contributed by atoms with E-state index in [2.05, 4.69) is 10.3 Å².